The zero-order valence-electron chi connectivity index (χ0n) is 13.4. The summed E-state index contributed by atoms with van der Waals surface area (Å²) < 4.78 is 0. The first-order valence-corrected chi connectivity index (χ1v) is 7.64. The molecule has 0 bridgehead atoms. The van der Waals surface area contributed by atoms with Crippen LogP contribution in [0.25, 0.3) is 0 Å². The summed E-state index contributed by atoms with van der Waals surface area (Å²) >= 11 is 0. The average molecular weight is 275 g/mol. The van der Waals surface area contributed by atoms with Gasteiger partial charge in [0.05, 0.1) is 0 Å². The van der Waals surface area contributed by atoms with E-state index in [9.17, 15) is 0 Å². The Bertz CT molecular complexity index is 404. The van der Waals surface area contributed by atoms with E-state index in [2.05, 4.69) is 66.5 Å². The van der Waals surface area contributed by atoms with E-state index >= 15 is 0 Å². The molecule has 0 saturated carbocycles. The van der Waals surface area contributed by atoms with Gasteiger partial charge in [-0.25, -0.2) is 0 Å². The van der Waals surface area contributed by atoms with Gasteiger partial charge in [-0.3, -0.25) is 0 Å². The number of likely N-dealkylation sites (tertiary alicyclic amines) is 1. The van der Waals surface area contributed by atoms with Crippen molar-refractivity contribution in [2.24, 2.45) is 0 Å². The van der Waals surface area contributed by atoms with Crippen LogP contribution in [0.3, 0.4) is 0 Å². The number of nitrogens with zero attached hydrogens (tertiary/aromatic N) is 2. The Morgan fingerprint density at radius 2 is 2.00 bits per heavy atom. The van der Waals surface area contributed by atoms with E-state index in [0.29, 0.717) is 6.04 Å². The van der Waals surface area contributed by atoms with Gasteiger partial charge in [0.1, 0.15) is 0 Å². The van der Waals surface area contributed by atoms with E-state index in [1.54, 1.807) is 0 Å². The summed E-state index contributed by atoms with van der Waals surface area (Å²) in [7, 11) is 6.43. The molecule has 1 aromatic carbocycles. The van der Waals surface area contributed by atoms with Gasteiger partial charge in [0.15, 0.2) is 0 Å². The van der Waals surface area contributed by atoms with Gasteiger partial charge < -0.3 is 15.1 Å². The maximum absolute atomic E-state index is 3.38. The van der Waals surface area contributed by atoms with Crippen LogP contribution in [0, 0.1) is 0 Å². The normalized spacial score (nSPS) is 23.1. The second-order valence-electron chi connectivity index (χ2n) is 6.60. The van der Waals surface area contributed by atoms with Gasteiger partial charge in [0.2, 0.25) is 0 Å². The quantitative estimate of drug-likeness (QED) is 0.854. The van der Waals surface area contributed by atoms with Gasteiger partial charge in [-0.15, -0.1) is 0 Å². The molecule has 0 aliphatic carbocycles. The molecule has 20 heavy (non-hydrogen) atoms. The second-order valence-corrected chi connectivity index (χ2v) is 6.60. The molecule has 1 aliphatic rings. The Labute approximate surface area is 124 Å². The summed E-state index contributed by atoms with van der Waals surface area (Å²) in [6, 6.07) is 11.6. The van der Waals surface area contributed by atoms with E-state index in [-0.39, 0.29) is 5.41 Å². The van der Waals surface area contributed by atoms with Crippen LogP contribution in [0.5, 0.6) is 0 Å². The molecule has 1 aliphatic heterocycles. The standard InChI is InChI=1S/C17H29N3/c1-17(13-18-2,15-8-6-5-7-9-15)14-20-11-10-16(12-20)19(3)4/h5-9,16,18H,10-14H2,1-4H3. The topological polar surface area (TPSA) is 18.5 Å². The first-order chi connectivity index (χ1) is 9.55. The molecular weight excluding hydrogens is 246 g/mol. The third kappa shape index (κ3) is 3.60. The molecular formula is C17H29N3. The zero-order chi connectivity index (χ0) is 14.6. The number of nitrogens with one attached hydrogen (secondary N) is 1. The Hall–Kier alpha value is -0.900. The van der Waals surface area contributed by atoms with Crippen molar-refractivity contribution in [1.82, 2.24) is 15.1 Å². The van der Waals surface area contributed by atoms with Gasteiger partial charge in [-0.2, -0.15) is 0 Å². The SMILES string of the molecule is CNCC(C)(CN1CCC(N(C)C)C1)c1ccccc1. The lowest BCUT2D eigenvalue weighted by Gasteiger charge is -2.34. The molecule has 1 N–H and O–H groups in total. The molecule has 0 aromatic heterocycles. The molecule has 1 heterocycles. The van der Waals surface area contributed by atoms with Crippen molar-refractivity contribution in [2.75, 3.05) is 47.3 Å². The minimum absolute atomic E-state index is 0.178. The van der Waals surface area contributed by atoms with Gasteiger partial charge in [-0.1, -0.05) is 37.3 Å². The van der Waals surface area contributed by atoms with Crippen LogP contribution in [-0.4, -0.2) is 63.2 Å². The number of hydrogen-bond acceptors (Lipinski definition) is 3. The van der Waals surface area contributed by atoms with Crippen LogP contribution in [0.2, 0.25) is 0 Å². The highest BCUT2D eigenvalue weighted by Gasteiger charge is 2.32. The molecule has 2 rings (SSSR count). The van der Waals surface area contributed by atoms with Crippen molar-refractivity contribution in [3.63, 3.8) is 0 Å². The van der Waals surface area contributed by atoms with Crippen LogP contribution in [0.1, 0.15) is 18.9 Å². The van der Waals surface area contributed by atoms with Gasteiger partial charge in [-0.05, 0) is 39.7 Å². The minimum Gasteiger partial charge on any atom is -0.319 e. The van der Waals surface area contributed by atoms with Crippen LogP contribution in [-0.2, 0) is 5.41 Å². The number of likely N-dealkylation sites (N-methyl/N-ethyl adjacent to an activating group) is 2. The monoisotopic (exact) mass is 275 g/mol. The van der Waals surface area contributed by atoms with Crippen LogP contribution in [0.4, 0.5) is 0 Å². The molecule has 112 valence electrons. The number of rotatable bonds is 6. The molecule has 3 heteroatoms. The maximum Gasteiger partial charge on any atom is 0.0229 e. The summed E-state index contributed by atoms with van der Waals surface area (Å²) in [5.41, 5.74) is 1.61. The van der Waals surface area contributed by atoms with E-state index in [4.69, 9.17) is 0 Å². The smallest absolute Gasteiger partial charge is 0.0229 e. The van der Waals surface area contributed by atoms with Gasteiger partial charge >= 0.3 is 0 Å². The molecule has 1 aromatic rings. The Kier molecular flexibility index (Phi) is 5.19. The summed E-state index contributed by atoms with van der Waals surface area (Å²) in [6.07, 6.45) is 1.29. The van der Waals surface area contributed by atoms with E-state index in [1.165, 1.54) is 25.1 Å². The molecule has 0 amide bonds. The summed E-state index contributed by atoms with van der Waals surface area (Å²) in [4.78, 5) is 4.98. The summed E-state index contributed by atoms with van der Waals surface area (Å²) in [5.74, 6) is 0. The molecule has 1 fully saturated rings. The van der Waals surface area contributed by atoms with Crippen LogP contribution in [0.15, 0.2) is 30.3 Å². The highest BCUT2D eigenvalue weighted by atomic mass is 15.2. The maximum atomic E-state index is 3.38. The molecule has 0 radical (unpaired) electrons. The van der Waals surface area contributed by atoms with Crippen molar-refractivity contribution >= 4 is 0 Å². The summed E-state index contributed by atoms with van der Waals surface area (Å²) in [6.45, 7) is 6.93. The highest BCUT2D eigenvalue weighted by molar-refractivity contribution is 5.25. The Morgan fingerprint density at radius 1 is 1.30 bits per heavy atom. The first kappa shape index (κ1) is 15.5. The largest absolute Gasteiger partial charge is 0.319 e. The fourth-order valence-corrected chi connectivity index (χ4v) is 3.35. The van der Waals surface area contributed by atoms with E-state index in [1.807, 2.05) is 7.05 Å². The lowest BCUT2D eigenvalue weighted by atomic mass is 9.82. The predicted molar refractivity (Wildman–Crippen MR) is 86.3 cm³/mol. The van der Waals surface area contributed by atoms with Crippen molar-refractivity contribution in [3.8, 4) is 0 Å². The van der Waals surface area contributed by atoms with Crippen molar-refractivity contribution in [3.05, 3.63) is 35.9 Å². The predicted octanol–water partition coefficient (Wildman–Crippen LogP) is 1.80. The third-order valence-corrected chi connectivity index (χ3v) is 4.59. The molecule has 3 nitrogen and oxygen atoms in total. The lowest BCUT2D eigenvalue weighted by molar-refractivity contribution is 0.227. The Balaban J connectivity index is 2.07. The van der Waals surface area contributed by atoms with Crippen LogP contribution < -0.4 is 5.32 Å². The van der Waals surface area contributed by atoms with E-state index in [0.717, 1.165) is 13.1 Å². The molecule has 0 spiro atoms. The average Bonchev–Trinajstić information content (AvgIpc) is 2.88. The molecule has 2 atom stereocenters. The zero-order valence-corrected chi connectivity index (χ0v) is 13.4. The van der Waals surface area contributed by atoms with Crippen molar-refractivity contribution in [2.45, 2.75) is 24.8 Å². The number of hydrogen-bond donors (Lipinski definition) is 1. The highest BCUT2D eigenvalue weighted by Crippen LogP contribution is 2.26. The van der Waals surface area contributed by atoms with Gasteiger partial charge in [0.25, 0.3) is 0 Å². The Morgan fingerprint density at radius 3 is 2.55 bits per heavy atom. The fourth-order valence-electron chi connectivity index (χ4n) is 3.35. The van der Waals surface area contributed by atoms with Crippen molar-refractivity contribution < 1.29 is 0 Å². The second kappa shape index (κ2) is 6.70. The molecule has 1 saturated heterocycles. The van der Waals surface area contributed by atoms with E-state index < -0.39 is 0 Å². The fraction of sp³-hybridized carbons (Fsp3) is 0.647. The lowest BCUT2D eigenvalue weighted by Crippen LogP contribution is -2.45. The van der Waals surface area contributed by atoms with Gasteiger partial charge in [0, 0.05) is 31.1 Å². The molecule has 2 unspecified atom stereocenters. The summed E-state index contributed by atoms with van der Waals surface area (Å²) in [5, 5.41) is 3.38. The minimum atomic E-state index is 0.178. The number of benzene rings is 1. The van der Waals surface area contributed by atoms with Crippen molar-refractivity contribution in [1.29, 1.82) is 0 Å². The van der Waals surface area contributed by atoms with Crippen LogP contribution >= 0.6 is 0 Å². The first-order valence-electron chi connectivity index (χ1n) is 7.64. The third-order valence-electron chi connectivity index (χ3n) is 4.59.